The minimum atomic E-state index is -1.09. The molecule has 0 aromatic heterocycles. The molecular formula is C35H33N3O7S. The van der Waals surface area contributed by atoms with Gasteiger partial charge in [0.05, 0.1) is 25.0 Å². The monoisotopic (exact) mass is 639 g/mol. The van der Waals surface area contributed by atoms with Crippen LogP contribution in [0.4, 0.5) is 11.4 Å². The van der Waals surface area contributed by atoms with Crippen LogP contribution in [0.2, 0.25) is 0 Å². The van der Waals surface area contributed by atoms with E-state index in [1.165, 1.54) is 44.2 Å². The number of anilines is 2. The van der Waals surface area contributed by atoms with E-state index in [2.05, 4.69) is 16.0 Å². The zero-order chi connectivity index (χ0) is 33.1. The fourth-order valence-electron chi connectivity index (χ4n) is 4.33. The molecule has 0 bridgehead atoms. The average Bonchev–Trinajstić information content (AvgIpc) is 3.07. The molecule has 0 fully saturated rings. The molecule has 0 heterocycles. The number of carboxylic acids is 1. The van der Waals surface area contributed by atoms with Gasteiger partial charge in [-0.25, -0.2) is 4.79 Å². The summed E-state index contributed by atoms with van der Waals surface area (Å²) in [4.78, 5) is 51.8. The molecular weight excluding hydrogens is 606 g/mol. The fraction of sp³-hybridized carbons (Fsp3) is 0.143. The molecule has 0 aliphatic carbocycles. The Morgan fingerprint density at radius 3 is 2.17 bits per heavy atom. The Morgan fingerprint density at radius 2 is 1.50 bits per heavy atom. The normalized spacial score (nSPS) is 11.6. The van der Waals surface area contributed by atoms with Crippen molar-refractivity contribution >= 4 is 52.9 Å². The molecule has 1 unspecified atom stereocenters. The Kier molecular flexibility index (Phi) is 11.6. The van der Waals surface area contributed by atoms with Gasteiger partial charge in [-0.05, 0) is 79.2 Å². The van der Waals surface area contributed by atoms with Crippen LogP contribution in [0.25, 0.3) is 6.08 Å². The summed E-state index contributed by atoms with van der Waals surface area (Å²) in [5.74, 6) is -1.42. The van der Waals surface area contributed by atoms with Crippen LogP contribution in [0.15, 0.2) is 108 Å². The van der Waals surface area contributed by atoms with Gasteiger partial charge in [-0.2, -0.15) is 0 Å². The van der Waals surface area contributed by atoms with E-state index in [9.17, 15) is 24.3 Å². The molecule has 11 heteroatoms. The number of hydrogen-bond donors (Lipinski definition) is 4. The van der Waals surface area contributed by atoms with E-state index in [0.717, 1.165) is 0 Å². The number of amides is 3. The summed E-state index contributed by atoms with van der Waals surface area (Å²) < 4.78 is 10.8. The van der Waals surface area contributed by atoms with Gasteiger partial charge in [0.25, 0.3) is 11.8 Å². The molecule has 236 valence electrons. The highest BCUT2D eigenvalue weighted by Crippen LogP contribution is 2.30. The quantitative estimate of drug-likeness (QED) is 0.0983. The Bertz CT molecular complexity index is 1760. The van der Waals surface area contributed by atoms with Crippen molar-refractivity contribution in [2.45, 2.75) is 23.5 Å². The first-order valence-corrected chi connectivity index (χ1v) is 15.1. The zero-order valence-corrected chi connectivity index (χ0v) is 26.2. The Morgan fingerprint density at radius 1 is 0.804 bits per heavy atom. The maximum Gasteiger partial charge on any atom is 0.335 e. The zero-order valence-electron chi connectivity index (χ0n) is 25.4. The number of benzene rings is 4. The summed E-state index contributed by atoms with van der Waals surface area (Å²) >= 11 is 1.30. The number of aromatic carboxylic acids is 1. The van der Waals surface area contributed by atoms with Crippen LogP contribution in [-0.2, 0) is 9.59 Å². The van der Waals surface area contributed by atoms with Gasteiger partial charge >= 0.3 is 5.97 Å². The first-order valence-electron chi connectivity index (χ1n) is 14.2. The van der Waals surface area contributed by atoms with Crippen LogP contribution in [0.3, 0.4) is 0 Å². The van der Waals surface area contributed by atoms with Crippen LogP contribution < -0.4 is 25.4 Å². The first-order chi connectivity index (χ1) is 22.2. The molecule has 0 saturated heterocycles. The van der Waals surface area contributed by atoms with Gasteiger partial charge in [-0.15, -0.1) is 11.8 Å². The van der Waals surface area contributed by atoms with E-state index in [-0.39, 0.29) is 17.2 Å². The lowest BCUT2D eigenvalue weighted by Crippen LogP contribution is -2.30. The number of methoxy groups -OCH3 is 2. The fourth-order valence-corrected chi connectivity index (χ4v) is 5.35. The van der Waals surface area contributed by atoms with Gasteiger partial charge in [0.1, 0.15) is 17.2 Å². The topological polar surface area (TPSA) is 143 Å². The Balaban J connectivity index is 1.55. The second-order valence-corrected chi connectivity index (χ2v) is 11.1. The Hall–Kier alpha value is -5.55. The van der Waals surface area contributed by atoms with Crippen molar-refractivity contribution < 1.29 is 33.8 Å². The van der Waals surface area contributed by atoms with Crippen molar-refractivity contribution in [2.24, 2.45) is 0 Å². The van der Waals surface area contributed by atoms with Gasteiger partial charge in [0.15, 0.2) is 0 Å². The molecule has 0 saturated carbocycles. The maximum absolute atomic E-state index is 13.6. The van der Waals surface area contributed by atoms with E-state index in [1.54, 1.807) is 78.9 Å². The molecule has 0 spiro atoms. The third-order valence-corrected chi connectivity index (χ3v) is 8.03. The largest absolute Gasteiger partial charge is 0.497 e. The number of hydrogen-bond acceptors (Lipinski definition) is 7. The van der Waals surface area contributed by atoms with Crippen molar-refractivity contribution in [3.05, 3.63) is 119 Å². The second kappa shape index (κ2) is 16.0. The van der Waals surface area contributed by atoms with E-state index in [0.29, 0.717) is 45.3 Å². The van der Waals surface area contributed by atoms with Gasteiger partial charge in [0.2, 0.25) is 5.91 Å². The number of carboxylic acid groups (broad SMARTS) is 1. The van der Waals surface area contributed by atoms with Crippen molar-refractivity contribution in [1.29, 1.82) is 0 Å². The molecule has 46 heavy (non-hydrogen) atoms. The predicted molar refractivity (Wildman–Crippen MR) is 178 cm³/mol. The lowest BCUT2D eigenvalue weighted by atomic mass is 10.1. The summed E-state index contributed by atoms with van der Waals surface area (Å²) in [6, 6.07) is 26.6. The highest BCUT2D eigenvalue weighted by atomic mass is 32.2. The molecule has 10 nitrogen and oxygen atoms in total. The van der Waals surface area contributed by atoms with Crippen LogP contribution in [0, 0.1) is 0 Å². The SMILES string of the molecule is CCC(Sc1cccc(NC(=O)/C(=C\c2cc(OC)ccc2OC)NC(=O)c2ccccc2)c1)C(=O)Nc1cccc(C(=O)O)c1. The molecule has 0 radical (unpaired) electrons. The summed E-state index contributed by atoms with van der Waals surface area (Å²) in [6.45, 7) is 1.87. The van der Waals surface area contributed by atoms with E-state index < -0.39 is 23.0 Å². The highest BCUT2D eigenvalue weighted by molar-refractivity contribution is 8.00. The van der Waals surface area contributed by atoms with Crippen molar-refractivity contribution in [3.63, 3.8) is 0 Å². The molecule has 4 N–H and O–H groups in total. The second-order valence-electron chi connectivity index (χ2n) is 9.86. The first kappa shape index (κ1) is 33.3. The highest BCUT2D eigenvalue weighted by Gasteiger charge is 2.20. The summed E-state index contributed by atoms with van der Waals surface area (Å²) in [5.41, 5.74) is 1.74. The van der Waals surface area contributed by atoms with Gasteiger partial charge in [-0.1, -0.05) is 37.3 Å². The van der Waals surface area contributed by atoms with Crippen molar-refractivity contribution in [1.82, 2.24) is 5.32 Å². The molecule has 0 aliphatic heterocycles. The van der Waals surface area contributed by atoms with Crippen LogP contribution >= 0.6 is 11.8 Å². The van der Waals surface area contributed by atoms with E-state index in [1.807, 2.05) is 13.0 Å². The summed E-state index contributed by atoms with van der Waals surface area (Å²) in [7, 11) is 3.02. The molecule has 1 atom stereocenters. The van der Waals surface area contributed by atoms with E-state index in [4.69, 9.17) is 9.47 Å². The van der Waals surface area contributed by atoms with Gasteiger partial charge in [-0.3, -0.25) is 14.4 Å². The predicted octanol–water partition coefficient (Wildman–Crippen LogP) is 6.32. The number of thioether (sulfide) groups is 1. The lowest BCUT2D eigenvalue weighted by molar-refractivity contribution is -0.116. The minimum Gasteiger partial charge on any atom is -0.497 e. The van der Waals surface area contributed by atoms with Crippen LogP contribution in [-0.4, -0.2) is 48.3 Å². The average molecular weight is 640 g/mol. The van der Waals surface area contributed by atoms with Gasteiger partial charge in [0, 0.05) is 27.4 Å². The maximum atomic E-state index is 13.6. The van der Waals surface area contributed by atoms with Crippen molar-refractivity contribution in [2.75, 3.05) is 24.9 Å². The molecule has 3 amide bonds. The van der Waals surface area contributed by atoms with Crippen molar-refractivity contribution in [3.8, 4) is 11.5 Å². The molecule has 4 rings (SSSR count). The third kappa shape index (κ3) is 8.99. The van der Waals surface area contributed by atoms with Crippen LogP contribution in [0.1, 0.15) is 39.6 Å². The number of carbonyl (C=O) groups is 4. The summed E-state index contributed by atoms with van der Waals surface area (Å²) in [6.07, 6.45) is 2.00. The van der Waals surface area contributed by atoms with E-state index >= 15 is 0 Å². The Labute approximate surface area is 270 Å². The number of nitrogens with one attached hydrogen (secondary N) is 3. The standard InChI is InChI=1S/C35H33N3O7S/c1-4-31(34(41)37-25-13-8-12-23(18-25)35(42)43)46-28-15-9-14-26(21-28)36-33(40)29(38-32(39)22-10-6-5-7-11-22)20-24-19-27(44-2)16-17-30(24)45-3/h5-21,31H,4H2,1-3H3,(H,36,40)(H,37,41)(H,38,39)(H,42,43)/b29-20+. The third-order valence-electron chi connectivity index (χ3n) is 6.68. The number of carbonyl (C=O) groups excluding carboxylic acids is 3. The molecule has 4 aromatic carbocycles. The number of ether oxygens (including phenoxy) is 2. The smallest absolute Gasteiger partial charge is 0.335 e. The molecule has 4 aromatic rings. The van der Waals surface area contributed by atoms with Crippen LogP contribution in [0.5, 0.6) is 11.5 Å². The summed E-state index contributed by atoms with van der Waals surface area (Å²) in [5, 5.41) is 17.1. The number of rotatable bonds is 13. The lowest BCUT2D eigenvalue weighted by Gasteiger charge is -2.16. The minimum absolute atomic E-state index is 0.0344. The molecule has 0 aliphatic rings. The van der Waals surface area contributed by atoms with Gasteiger partial charge < -0.3 is 30.5 Å².